The lowest BCUT2D eigenvalue weighted by molar-refractivity contribution is -0.141. The van der Waals surface area contributed by atoms with Crippen molar-refractivity contribution in [3.05, 3.63) is 15.5 Å². The molecule has 7 heteroatoms. The minimum absolute atomic E-state index is 0.0953. The quantitative estimate of drug-likeness (QED) is 0.861. The second-order valence-corrected chi connectivity index (χ2v) is 4.29. The predicted molar refractivity (Wildman–Crippen MR) is 56.7 cm³/mol. The molecule has 0 radical (unpaired) electrons. The van der Waals surface area contributed by atoms with Crippen LogP contribution in [0.2, 0.25) is 0 Å². The molecule has 0 aromatic carbocycles. The molecule has 0 unspecified atom stereocenters. The number of aliphatic carboxylic acids is 1. The first-order valence-electron chi connectivity index (χ1n) is 4.15. The highest BCUT2D eigenvalue weighted by Crippen LogP contribution is 2.22. The lowest BCUT2D eigenvalue weighted by atomic mass is 10.2. The highest BCUT2D eigenvalue weighted by Gasteiger charge is 2.18. The first-order valence-corrected chi connectivity index (χ1v) is 5.23. The zero-order chi connectivity index (χ0) is 11.6. The highest BCUT2D eigenvalue weighted by molar-refractivity contribution is 14.1. The second-order valence-electron chi connectivity index (χ2n) is 3.12. The first kappa shape index (κ1) is 12.3. The fourth-order valence-corrected chi connectivity index (χ4v) is 1.68. The van der Waals surface area contributed by atoms with Gasteiger partial charge in [0.1, 0.15) is 5.69 Å². The Balaban J connectivity index is 2.79. The van der Waals surface area contributed by atoms with Gasteiger partial charge in [-0.25, -0.2) is 8.78 Å². The van der Waals surface area contributed by atoms with Gasteiger partial charge in [-0.05, 0) is 22.6 Å². The van der Waals surface area contributed by atoms with Crippen LogP contribution in [0.1, 0.15) is 19.0 Å². The van der Waals surface area contributed by atoms with Crippen LogP contribution in [0.25, 0.3) is 0 Å². The van der Waals surface area contributed by atoms with E-state index >= 15 is 0 Å². The molecule has 4 nitrogen and oxygen atoms in total. The van der Waals surface area contributed by atoms with Gasteiger partial charge in [0.25, 0.3) is 6.43 Å². The molecular weight excluding hydrogens is 321 g/mol. The Morgan fingerprint density at radius 1 is 1.73 bits per heavy atom. The van der Waals surface area contributed by atoms with Gasteiger partial charge in [0.15, 0.2) is 0 Å². The Bertz CT molecular complexity index is 368. The second kappa shape index (κ2) is 4.86. The summed E-state index contributed by atoms with van der Waals surface area (Å²) in [7, 11) is 0. The monoisotopic (exact) mass is 330 g/mol. The predicted octanol–water partition coefficient (Wildman–Crippen LogP) is 2.15. The van der Waals surface area contributed by atoms with Crippen molar-refractivity contribution in [3.8, 4) is 0 Å². The Labute approximate surface area is 98.4 Å². The van der Waals surface area contributed by atoms with E-state index in [1.54, 1.807) is 22.6 Å². The fourth-order valence-electron chi connectivity index (χ4n) is 1.01. The number of alkyl halides is 2. The molecular formula is C8H9F2IN2O2. The van der Waals surface area contributed by atoms with E-state index in [0.717, 1.165) is 0 Å². The maximum absolute atomic E-state index is 12.3. The van der Waals surface area contributed by atoms with Crippen LogP contribution >= 0.6 is 22.6 Å². The van der Waals surface area contributed by atoms with Crippen molar-refractivity contribution >= 4 is 28.6 Å². The van der Waals surface area contributed by atoms with E-state index < -0.39 is 18.3 Å². The molecule has 15 heavy (non-hydrogen) atoms. The normalized spacial score (nSPS) is 13.1. The van der Waals surface area contributed by atoms with E-state index in [-0.39, 0.29) is 12.2 Å². The molecule has 0 fully saturated rings. The van der Waals surface area contributed by atoms with Crippen LogP contribution < -0.4 is 0 Å². The zero-order valence-electron chi connectivity index (χ0n) is 7.82. The van der Waals surface area contributed by atoms with E-state index in [4.69, 9.17) is 5.11 Å². The number of carbonyl (C=O) groups is 1. The molecule has 1 N–H and O–H groups in total. The van der Waals surface area contributed by atoms with E-state index in [0.29, 0.717) is 3.57 Å². The number of carboxylic acids is 1. The summed E-state index contributed by atoms with van der Waals surface area (Å²) < 4.78 is 26.3. The van der Waals surface area contributed by atoms with Crippen LogP contribution in [0.3, 0.4) is 0 Å². The Kier molecular flexibility index (Phi) is 4.00. The first-order chi connectivity index (χ1) is 6.91. The Hall–Kier alpha value is -0.730. The van der Waals surface area contributed by atoms with Gasteiger partial charge in [0.2, 0.25) is 0 Å². The van der Waals surface area contributed by atoms with Crippen molar-refractivity contribution in [2.24, 2.45) is 5.92 Å². The number of rotatable bonds is 4. The van der Waals surface area contributed by atoms with E-state index in [1.807, 2.05) is 0 Å². The SMILES string of the molecule is C[C@H](Cn1cc(I)c(C(F)F)n1)C(=O)O. The van der Waals surface area contributed by atoms with Crippen LogP contribution in [-0.2, 0) is 11.3 Å². The third kappa shape index (κ3) is 3.11. The van der Waals surface area contributed by atoms with Gasteiger partial charge >= 0.3 is 5.97 Å². The smallest absolute Gasteiger partial charge is 0.308 e. The van der Waals surface area contributed by atoms with Gasteiger partial charge in [-0.2, -0.15) is 5.10 Å². The zero-order valence-corrected chi connectivity index (χ0v) is 9.98. The number of carboxylic acid groups (broad SMARTS) is 1. The number of hydrogen-bond donors (Lipinski definition) is 1. The number of nitrogens with zero attached hydrogens (tertiary/aromatic N) is 2. The van der Waals surface area contributed by atoms with Crippen LogP contribution in [0.4, 0.5) is 8.78 Å². The molecule has 1 heterocycles. The summed E-state index contributed by atoms with van der Waals surface area (Å²) in [4.78, 5) is 10.5. The molecule has 0 saturated heterocycles. The molecule has 1 rings (SSSR count). The summed E-state index contributed by atoms with van der Waals surface area (Å²) in [6, 6.07) is 0. The molecule has 1 aromatic heterocycles. The van der Waals surface area contributed by atoms with Crippen molar-refractivity contribution in [2.75, 3.05) is 0 Å². The largest absolute Gasteiger partial charge is 0.481 e. The van der Waals surface area contributed by atoms with E-state index in [9.17, 15) is 13.6 Å². The van der Waals surface area contributed by atoms with Crippen molar-refractivity contribution in [1.82, 2.24) is 9.78 Å². The van der Waals surface area contributed by atoms with Crippen LogP contribution in [0.15, 0.2) is 6.20 Å². The summed E-state index contributed by atoms with van der Waals surface area (Å²) in [5.41, 5.74) is -0.298. The highest BCUT2D eigenvalue weighted by atomic mass is 127. The van der Waals surface area contributed by atoms with Crippen LogP contribution in [-0.4, -0.2) is 20.9 Å². The van der Waals surface area contributed by atoms with Crippen molar-refractivity contribution in [2.45, 2.75) is 19.9 Å². The van der Waals surface area contributed by atoms with E-state index in [2.05, 4.69) is 5.10 Å². The van der Waals surface area contributed by atoms with Gasteiger partial charge in [-0.1, -0.05) is 6.92 Å². The molecule has 0 bridgehead atoms. The maximum atomic E-state index is 12.3. The summed E-state index contributed by atoms with van der Waals surface area (Å²) in [6.45, 7) is 1.59. The van der Waals surface area contributed by atoms with Gasteiger partial charge in [0, 0.05) is 6.20 Å². The lowest BCUT2D eigenvalue weighted by Crippen LogP contribution is -2.17. The molecule has 0 amide bonds. The standard InChI is InChI=1S/C8H9F2IN2O2/c1-4(8(14)15)2-13-3-5(11)6(12-13)7(9)10/h3-4,7H,2H2,1H3,(H,14,15)/t4-/m1/s1. The van der Waals surface area contributed by atoms with Gasteiger partial charge in [0.05, 0.1) is 16.0 Å². The van der Waals surface area contributed by atoms with Gasteiger partial charge in [-0.15, -0.1) is 0 Å². The molecule has 0 aliphatic rings. The van der Waals surface area contributed by atoms with Crippen molar-refractivity contribution in [3.63, 3.8) is 0 Å². The molecule has 1 aromatic rings. The summed E-state index contributed by atoms with van der Waals surface area (Å²) in [5.74, 6) is -1.62. The minimum atomic E-state index is -2.63. The number of halogens is 3. The number of aromatic nitrogens is 2. The third-order valence-corrected chi connectivity index (χ3v) is 2.66. The van der Waals surface area contributed by atoms with Crippen LogP contribution in [0.5, 0.6) is 0 Å². The lowest BCUT2D eigenvalue weighted by Gasteiger charge is -2.05. The van der Waals surface area contributed by atoms with Crippen molar-refractivity contribution < 1.29 is 18.7 Å². The maximum Gasteiger partial charge on any atom is 0.308 e. The van der Waals surface area contributed by atoms with Crippen LogP contribution in [0, 0.1) is 9.49 Å². The average Bonchev–Trinajstić information content (AvgIpc) is 2.46. The molecule has 0 aliphatic carbocycles. The van der Waals surface area contributed by atoms with Gasteiger partial charge in [-0.3, -0.25) is 9.48 Å². The minimum Gasteiger partial charge on any atom is -0.481 e. The Morgan fingerprint density at radius 3 is 2.73 bits per heavy atom. The molecule has 0 aliphatic heterocycles. The molecule has 84 valence electrons. The van der Waals surface area contributed by atoms with Crippen molar-refractivity contribution in [1.29, 1.82) is 0 Å². The summed E-state index contributed by atoms with van der Waals surface area (Å²) in [6.07, 6.45) is -1.21. The molecule has 1 atom stereocenters. The summed E-state index contributed by atoms with van der Waals surface area (Å²) in [5, 5.41) is 12.3. The molecule has 0 spiro atoms. The average molecular weight is 330 g/mol. The fraction of sp³-hybridized carbons (Fsp3) is 0.500. The molecule has 0 saturated carbocycles. The number of hydrogen-bond acceptors (Lipinski definition) is 2. The topological polar surface area (TPSA) is 55.1 Å². The third-order valence-electron chi connectivity index (χ3n) is 1.83. The van der Waals surface area contributed by atoms with E-state index in [1.165, 1.54) is 17.8 Å². The van der Waals surface area contributed by atoms with Gasteiger partial charge < -0.3 is 5.11 Å². The Morgan fingerprint density at radius 2 is 2.33 bits per heavy atom. The summed E-state index contributed by atoms with van der Waals surface area (Å²) >= 11 is 1.75.